The van der Waals surface area contributed by atoms with Gasteiger partial charge >= 0.3 is 0 Å². The van der Waals surface area contributed by atoms with Crippen LogP contribution in [0.4, 0.5) is 10.1 Å². The van der Waals surface area contributed by atoms with E-state index < -0.39 is 5.91 Å². The van der Waals surface area contributed by atoms with E-state index in [-0.39, 0.29) is 16.7 Å². The molecule has 0 spiro atoms. The summed E-state index contributed by atoms with van der Waals surface area (Å²) in [5.41, 5.74) is 1.32. The second kappa shape index (κ2) is 6.71. The summed E-state index contributed by atoms with van der Waals surface area (Å²) in [6.45, 7) is 1.69. The Labute approximate surface area is 147 Å². The molecular weight excluding hydrogens is 345 g/mol. The molecule has 1 heterocycles. The first kappa shape index (κ1) is 16.6. The molecule has 0 fully saturated rings. The third-order valence-electron chi connectivity index (χ3n) is 3.39. The molecule has 0 aliphatic rings. The van der Waals surface area contributed by atoms with E-state index in [2.05, 4.69) is 15.4 Å². The van der Waals surface area contributed by atoms with Crippen LogP contribution in [0, 0.1) is 24.1 Å². The number of amides is 1. The van der Waals surface area contributed by atoms with Gasteiger partial charge in [-0.05, 0) is 49.4 Å². The predicted octanol–water partition coefficient (Wildman–Crippen LogP) is 3.49. The number of carbonyl (C=O) groups is 1. The third kappa shape index (κ3) is 3.49. The lowest BCUT2D eigenvalue weighted by molar-refractivity contribution is 0.101. The molecule has 8 heteroatoms. The number of rotatable bonds is 3. The van der Waals surface area contributed by atoms with E-state index in [0.29, 0.717) is 22.8 Å². The standard InChI is InChI=1S/C17H11ClFN5O/c1-10-21-16(23-24(10)14-6-3-12(19)4-7-14)17(25)22-13-5-2-11(9-20)15(18)8-13/h2-8H,1H3,(H,22,25). The Kier molecular flexibility index (Phi) is 4.46. The number of nitriles is 1. The lowest BCUT2D eigenvalue weighted by Gasteiger charge is -2.04. The number of benzene rings is 2. The number of aryl methyl sites for hydroxylation is 1. The Morgan fingerprint density at radius 3 is 2.64 bits per heavy atom. The normalized spacial score (nSPS) is 10.3. The van der Waals surface area contributed by atoms with Gasteiger partial charge in [0.1, 0.15) is 17.7 Å². The van der Waals surface area contributed by atoms with E-state index in [9.17, 15) is 9.18 Å². The van der Waals surface area contributed by atoms with Crippen LogP contribution in [0.15, 0.2) is 42.5 Å². The van der Waals surface area contributed by atoms with Crippen molar-refractivity contribution >= 4 is 23.2 Å². The molecule has 1 N–H and O–H groups in total. The van der Waals surface area contributed by atoms with Crippen molar-refractivity contribution in [2.45, 2.75) is 6.92 Å². The molecule has 0 saturated heterocycles. The summed E-state index contributed by atoms with van der Waals surface area (Å²) < 4.78 is 14.5. The van der Waals surface area contributed by atoms with Gasteiger partial charge in [-0.15, -0.1) is 5.10 Å². The molecule has 124 valence electrons. The van der Waals surface area contributed by atoms with E-state index in [1.54, 1.807) is 25.1 Å². The van der Waals surface area contributed by atoms with Crippen molar-refractivity contribution < 1.29 is 9.18 Å². The molecule has 25 heavy (non-hydrogen) atoms. The van der Waals surface area contributed by atoms with Gasteiger partial charge in [0.25, 0.3) is 5.91 Å². The van der Waals surface area contributed by atoms with Crippen molar-refractivity contribution in [1.29, 1.82) is 5.26 Å². The minimum atomic E-state index is -0.523. The number of aromatic nitrogens is 3. The number of carbonyl (C=O) groups excluding carboxylic acids is 1. The van der Waals surface area contributed by atoms with Crippen LogP contribution in [0.1, 0.15) is 22.0 Å². The van der Waals surface area contributed by atoms with Crippen molar-refractivity contribution in [3.63, 3.8) is 0 Å². The summed E-state index contributed by atoms with van der Waals surface area (Å²) in [5.74, 6) is -0.446. The van der Waals surface area contributed by atoms with Gasteiger partial charge in [-0.3, -0.25) is 4.79 Å². The summed E-state index contributed by atoms with van der Waals surface area (Å²) in [6, 6.07) is 12.2. The Morgan fingerprint density at radius 2 is 2.00 bits per heavy atom. The molecule has 1 amide bonds. The monoisotopic (exact) mass is 355 g/mol. The molecule has 0 atom stereocenters. The van der Waals surface area contributed by atoms with Gasteiger partial charge < -0.3 is 5.32 Å². The van der Waals surface area contributed by atoms with Crippen LogP contribution >= 0.6 is 11.6 Å². The van der Waals surface area contributed by atoms with Crippen LogP contribution < -0.4 is 5.32 Å². The van der Waals surface area contributed by atoms with Gasteiger partial charge in [-0.1, -0.05) is 11.6 Å². The van der Waals surface area contributed by atoms with Gasteiger partial charge in [-0.25, -0.2) is 14.1 Å². The van der Waals surface area contributed by atoms with E-state index >= 15 is 0 Å². The number of halogens is 2. The third-order valence-corrected chi connectivity index (χ3v) is 3.70. The second-order valence-corrected chi connectivity index (χ2v) is 5.54. The van der Waals surface area contributed by atoms with Crippen LogP contribution in [-0.2, 0) is 0 Å². The fourth-order valence-electron chi connectivity index (χ4n) is 2.18. The zero-order valence-corrected chi connectivity index (χ0v) is 13.8. The first-order chi connectivity index (χ1) is 12.0. The van der Waals surface area contributed by atoms with Gasteiger partial charge in [0, 0.05) is 5.69 Å². The van der Waals surface area contributed by atoms with Gasteiger partial charge in [0.2, 0.25) is 5.82 Å². The SMILES string of the molecule is Cc1nc(C(=O)Nc2ccc(C#N)c(Cl)c2)nn1-c1ccc(F)cc1. The zero-order valence-electron chi connectivity index (χ0n) is 13.0. The highest BCUT2D eigenvalue weighted by atomic mass is 35.5. The highest BCUT2D eigenvalue weighted by molar-refractivity contribution is 6.32. The lowest BCUT2D eigenvalue weighted by Crippen LogP contribution is -2.14. The molecule has 0 bridgehead atoms. The van der Waals surface area contributed by atoms with Gasteiger partial charge in [0.15, 0.2) is 0 Å². The van der Waals surface area contributed by atoms with Crippen LogP contribution in [-0.4, -0.2) is 20.7 Å². The topological polar surface area (TPSA) is 83.6 Å². The highest BCUT2D eigenvalue weighted by Crippen LogP contribution is 2.20. The van der Waals surface area contributed by atoms with E-state index in [4.69, 9.17) is 16.9 Å². The molecule has 3 rings (SSSR count). The number of nitrogens with zero attached hydrogens (tertiary/aromatic N) is 4. The molecule has 1 aromatic heterocycles. The Balaban J connectivity index is 1.84. The fraction of sp³-hybridized carbons (Fsp3) is 0.0588. The van der Waals surface area contributed by atoms with Crippen molar-refractivity contribution in [3.05, 3.63) is 70.5 Å². The Bertz CT molecular complexity index is 991. The summed E-state index contributed by atoms with van der Waals surface area (Å²) >= 11 is 5.94. The number of nitrogens with one attached hydrogen (secondary N) is 1. The van der Waals surface area contributed by atoms with Crippen LogP contribution in [0.25, 0.3) is 5.69 Å². The summed E-state index contributed by atoms with van der Waals surface area (Å²) in [5, 5.41) is 15.9. The summed E-state index contributed by atoms with van der Waals surface area (Å²) in [4.78, 5) is 16.4. The highest BCUT2D eigenvalue weighted by Gasteiger charge is 2.16. The van der Waals surface area contributed by atoms with Crippen LogP contribution in [0.5, 0.6) is 0 Å². The maximum Gasteiger partial charge on any atom is 0.295 e. The van der Waals surface area contributed by atoms with E-state index in [1.165, 1.54) is 28.9 Å². The summed E-state index contributed by atoms with van der Waals surface area (Å²) in [7, 11) is 0. The minimum absolute atomic E-state index is 0.0395. The van der Waals surface area contributed by atoms with Crippen LogP contribution in [0.3, 0.4) is 0 Å². The molecule has 0 saturated carbocycles. The first-order valence-corrected chi connectivity index (χ1v) is 7.56. The van der Waals surface area contributed by atoms with Crippen molar-refractivity contribution in [2.24, 2.45) is 0 Å². The molecule has 0 unspecified atom stereocenters. The second-order valence-electron chi connectivity index (χ2n) is 5.13. The van der Waals surface area contributed by atoms with Crippen LogP contribution in [0.2, 0.25) is 5.02 Å². The minimum Gasteiger partial charge on any atom is -0.319 e. The molecule has 2 aromatic carbocycles. The Hall–Kier alpha value is -3.24. The average molecular weight is 356 g/mol. The maximum atomic E-state index is 13.0. The maximum absolute atomic E-state index is 13.0. The van der Waals surface area contributed by atoms with Gasteiger partial charge in [0.05, 0.1) is 16.3 Å². The molecule has 0 aliphatic carbocycles. The Morgan fingerprint density at radius 1 is 1.28 bits per heavy atom. The van der Waals surface area contributed by atoms with Gasteiger partial charge in [-0.2, -0.15) is 5.26 Å². The molecule has 0 aliphatic heterocycles. The number of hydrogen-bond acceptors (Lipinski definition) is 4. The smallest absolute Gasteiger partial charge is 0.295 e. The van der Waals surface area contributed by atoms with E-state index in [0.717, 1.165) is 0 Å². The molecule has 3 aromatic rings. The molecular formula is C17H11ClFN5O. The molecule has 6 nitrogen and oxygen atoms in total. The van der Waals surface area contributed by atoms with Crippen molar-refractivity contribution in [3.8, 4) is 11.8 Å². The first-order valence-electron chi connectivity index (χ1n) is 7.18. The zero-order chi connectivity index (χ0) is 18.0. The fourth-order valence-corrected chi connectivity index (χ4v) is 2.41. The molecule has 0 radical (unpaired) electrons. The predicted molar refractivity (Wildman–Crippen MR) is 90.2 cm³/mol. The van der Waals surface area contributed by atoms with E-state index in [1.807, 2.05) is 6.07 Å². The van der Waals surface area contributed by atoms with Crippen molar-refractivity contribution in [1.82, 2.24) is 14.8 Å². The quantitative estimate of drug-likeness (QED) is 0.779. The average Bonchev–Trinajstić information content (AvgIpc) is 2.98. The van der Waals surface area contributed by atoms with Crippen molar-refractivity contribution in [2.75, 3.05) is 5.32 Å². The lowest BCUT2D eigenvalue weighted by atomic mass is 10.2. The summed E-state index contributed by atoms with van der Waals surface area (Å²) in [6.07, 6.45) is 0. The number of hydrogen-bond donors (Lipinski definition) is 1. The largest absolute Gasteiger partial charge is 0.319 e. The number of anilines is 1.